The Balaban J connectivity index is 2.08. The summed E-state index contributed by atoms with van der Waals surface area (Å²) in [5.74, 6) is 0.609. The molecule has 16 heavy (non-hydrogen) atoms. The molecule has 2 heterocycles. The number of rotatable bonds is 3. The quantitative estimate of drug-likeness (QED) is 0.879. The van der Waals surface area contributed by atoms with Crippen molar-refractivity contribution in [2.75, 3.05) is 5.32 Å². The van der Waals surface area contributed by atoms with Crippen LogP contribution in [0.4, 0.5) is 5.82 Å². The fourth-order valence-corrected chi connectivity index (χ4v) is 1.99. The molecule has 5 heteroatoms. The van der Waals surface area contributed by atoms with Crippen LogP contribution < -0.4 is 5.32 Å². The molecule has 2 aromatic heterocycles. The number of thiazole rings is 1. The Bertz CT molecular complexity index is 527. The number of nitrogens with zero attached hydrogens (tertiary/aromatic N) is 3. The van der Waals surface area contributed by atoms with Crippen molar-refractivity contribution in [3.63, 3.8) is 0 Å². The van der Waals surface area contributed by atoms with Gasteiger partial charge in [0, 0.05) is 17.3 Å². The van der Waals surface area contributed by atoms with E-state index in [1.54, 1.807) is 29.7 Å². The molecule has 80 valence electrons. The number of hydrogen-bond acceptors (Lipinski definition) is 5. The fraction of sp³-hybridized carbons (Fsp3) is 0.182. The molecule has 0 bridgehead atoms. The van der Waals surface area contributed by atoms with Crippen LogP contribution in [0.1, 0.15) is 16.3 Å². The maximum atomic E-state index is 8.88. The van der Waals surface area contributed by atoms with Crippen molar-refractivity contribution in [2.24, 2.45) is 0 Å². The van der Waals surface area contributed by atoms with E-state index in [1.807, 2.05) is 12.3 Å². The van der Waals surface area contributed by atoms with E-state index < -0.39 is 0 Å². The van der Waals surface area contributed by atoms with E-state index >= 15 is 0 Å². The molecule has 0 fully saturated rings. The van der Waals surface area contributed by atoms with Crippen molar-refractivity contribution in [1.82, 2.24) is 9.97 Å². The van der Waals surface area contributed by atoms with Gasteiger partial charge in [-0.15, -0.1) is 11.3 Å². The first-order valence-corrected chi connectivity index (χ1v) is 5.67. The van der Waals surface area contributed by atoms with Crippen LogP contribution in [0.15, 0.2) is 23.7 Å². The van der Waals surface area contributed by atoms with E-state index in [9.17, 15) is 0 Å². The number of pyridine rings is 1. The van der Waals surface area contributed by atoms with Gasteiger partial charge in [0.05, 0.1) is 12.1 Å². The topological polar surface area (TPSA) is 61.6 Å². The number of aryl methyl sites for hydroxylation is 1. The third-order valence-electron chi connectivity index (χ3n) is 2.00. The van der Waals surface area contributed by atoms with Crippen LogP contribution >= 0.6 is 11.3 Å². The Labute approximate surface area is 97.6 Å². The summed E-state index contributed by atoms with van der Waals surface area (Å²) in [5.41, 5.74) is 1.57. The molecule has 0 spiro atoms. The summed E-state index contributed by atoms with van der Waals surface area (Å²) < 4.78 is 0. The maximum Gasteiger partial charge on any atom is 0.144 e. The molecular formula is C11H10N4S. The zero-order chi connectivity index (χ0) is 11.4. The van der Waals surface area contributed by atoms with Gasteiger partial charge in [-0.3, -0.25) is 0 Å². The predicted octanol–water partition coefficient (Wildman–Crippen LogP) is 2.33. The number of aromatic nitrogens is 2. The van der Waals surface area contributed by atoms with Gasteiger partial charge in [0.15, 0.2) is 0 Å². The second kappa shape index (κ2) is 4.73. The van der Waals surface area contributed by atoms with Gasteiger partial charge in [-0.2, -0.15) is 5.26 Å². The predicted molar refractivity (Wildman–Crippen MR) is 63.1 cm³/mol. The summed E-state index contributed by atoms with van der Waals surface area (Å²) in [6.45, 7) is 2.56. The first kappa shape index (κ1) is 10.6. The number of anilines is 1. The van der Waals surface area contributed by atoms with E-state index in [4.69, 9.17) is 5.26 Å². The lowest BCUT2D eigenvalue weighted by atomic mass is 10.3. The van der Waals surface area contributed by atoms with Crippen molar-refractivity contribution in [1.29, 1.82) is 5.26 Å². The van der Waals surface area contributed by atoms with Crippen LogP contribution in [0.25, 0.3) is 0 Å². The average Bonchev–Trinajstić information content (AvgIpc) is 2.73. The summed E-state index contributed by atoms with van der Waals surface area (Å²) in [6.07, 6.45) is 1.66. The average molecular weight is 230 g/mol. The van der Waals surface area contributed by atoms with E-state index in [-0.39, 0.29) is 0 Å². The van der Waals surface area contributed by atoms with Crippen molar-refractivity contribution < 1.29 is 0 Å². The van der Waals surface area contributed by atoms with Gasteiger partial charge in [-0.1, -0.05) is 0 Å². The van der Waals surface area contributed by atoms with Crippen molar-refractivity contribution >= 4 is 17.2 Å². The normalized spacial score (nSPS) is 9.75. The zero-order valence-corrected chi connectivity index (χ0v) is 9.58. The number of nitrogens with one attached hydrogen (secondary N) is 1. The Hall–Kier alpha value is -1.93. The molecule has 0 aliphatic rings. The van der Waals surface area contributed by atoms with E-state index in [1.165, 1.54) is 0 Å². The standard InChI is InChI=1S/C11H10N4S/c1-8-7-16-10(15-8)6-14-11-9(5-12)3-2-4-13-11/h2-4,7H,6H2,1H3,(H,13,14). The molecule has 0 aliphatic carbocycles. The molecular weight excluding hydrogens is 220 g/mol. The van der Waals surface area contributed by atoms with Crippen LogP contribution in [-0.2, 0) is 6.54 Å². The summed E-state index contributed by atoms with van der Waals surface area (Å²) in [4.78, 5) is 8.44. The zero-order valence-electron chi connectivity index (χ0n) is 8.77. The molecule has 0 unspecified atom stereocenters. The molecule has 0 aliphatic heterocycles. The SMILES string of the molecule is Cc1csc(CNc2ncccc2C#N)n1. The van der Waals surface area contributed by atoms with Gasteiger partial charge in [-0.25, -0.2) is 9.97 Å². The van der Waals surface area contributed by atoms with Gasteiger partial charge in [-0.05, 0) is 19.1 Å². The molecule has 0 aromatic carbocycles. The molecule has 2 rings (SSSR count). The first-order chi connectivity index (χ1) is 7.79. The maximum absolute atomic E-state index is 8.88. The summed E-state index contributed by atoms with van der Waals surface area (Å²) in [5, 5.41) is 15.0. The summed E-state index contributed by atoms with van der Waals surface area (Å²) >= 11 is 1.60. The number of nitriles is 1. The number of hydrogen-bond donors (Lipinski definition) is 1. The lowest BCUT2D eigenvalue weighted by Crippen LogP contribution is -2.02. The van der Waals surface area contributed by atoms with Crippen LogP contribution in [0.5, 0.6) is 0 Å². The molecule has 0 radical (unpaired) electrons. The van der Waals surface area contributed by atoms with Crippen molar-refractivity contribution in [3.8, 4) is 6.07 Å². The van der Waals surface area contributed by atoms with Gasteiger partial charge in [0.1, 0.15) is 16.9 Å². The minimum absolute atomic E-state index is 0.552. The molecule has 1 N–H and O–H groups in total. The van der Waals surface area contributed by atoms with Gasteiger partial charge in [0.2, 0.25) is 0 Å². The second-order valence-corrected chi connectivity index (χ2v) is 4.19. The van der Waals surface area contributed by atoms with E-state index in [0.29, 0.717) is 17.9 Å². The lowest BCUT2D eigenvalue weighted by molar-refractivity contribution is 1.05. The van der Waals surface area contributed by atoms with Crippen LogP contribution in [0.2, 0.25) is 0 Å². The lowest BCUT2D eigenvalue weighted by Gasteiger charge is -2.03. The molecule has 0 saturated heterocycles. The largest absolute Gasteiger partial charge is 0.362 e. The van der Waals surface area contributed by atoms with Gasteiger partial charge in [0.25, 0.3) is 0 Å². The van der Waals surface area contributed by atoms with Gasteiger partial charge >= 0.3 is 0 Å². The van der Waals surface area contributed by atoms with Crippen molar-refractivity contribution in [3.05, 3.63) is 40.0 Å². The first-order valence-electron chi connectivity index (χ1n) is 4.79. The molecule has 0 saturated carbocycles. The molecule has 0 amide bonds. The monoisotopic (exact) mass is 230 g/mol. The van der Waals surface area contributed by atoms with Crippen LogP contribution in [0, 0.1) is 18.3 Å². The second-order valence-electron chi connectivity index (χ2n) is 3.25. The summed E-state index contributed by atoms with van der Waals surface area (Å²) in [7, 11) is 0. The van der Waals surface area contributed by atoms with Gasteiger partial charge < -0.3 is 5.32 Å². The molecule has 4 nitrogen and oxygen atoms in total. The van der Waals surface area contributed by atoms with Crippen molar-refractivity contribution in [2.45, 2.75) is 13.5 Å². The highest BCUT2D eigenvalue weighted by Gasteiger charge is 2.03. The van der Waals surface area contributed by atoms with Crippen LogP contribution in [0.3, 0.4) is 0 Å². The Morgan fingerprint density at radius 2 is 2.44 bits per heavy atom. The highest BCUT2D eigenvalue weighted by atomic mass is 32.1. The third kappa shape index (κ3) is 2.35. The minimum atomic E-state index is 0.552. The summed E-state index contributed by atoms with van der Waals surface area (Å²) in [6, 6.07) is 5.58. The smallest absolute Gasteiger partial charge is 0.144 e. The minimum Gasteiger partial charge on any atom is -0.362 e. The third-order valence-corrected chi connectivity index (χ3v) is 2.97. The molecule has 0 atom stereocenters. The van der Waals surface area contributed by atoms with Crippen LogP contribution in [-0.4, -0.2) is 9.97 Å². The fourth-order valence-electron chi connectivity index (χ4n) is 1.28. The van der Waals surface area contributed by atoms with E-state index in [0.717, 1.165) is 10.7 Å². The highest BCUT2D eigenvalue weighted by molar-refractivity contribution is 7.09. The van der Waals surface area contributed by atoms with E-state index in [2.05, 4.69) is 21.4 Å². The Morgan fingerprint density at radius 1 is 1.56 bits per heavy atom. The molecule has 2 aromatic rings. The Kier molecular flexibility index (Phi) is 3.13. The highest BCUT2D eigenvalue weighted by Crippen LogP contribution is 2.13. The Morgan fingerprint density at radius 3 is 3.12 bits per heavy atom.